The van der Waals surface area contributed by atoms with E-state index < -0.39 is 12.0 Å². The third kappa shape index (κ3) is 6.90. The third-order valence-corrected chi connectivity index (χ3v) is 10.3. The first-order valence-electron chi connectivity index (χ1n) is 13.5. The van der Waals surface area contributed by atoms with Gasteiger partial charge in [0.2, 0.25) is 0 Å². The molecule has 0 bridgehead atoms. The first-order chi connectivity index (χ1) is 21.6. The molecule has 0 unspecified atom stereocenters. The summed E-state index contributed by atoms with van der Waals surface area (Å²) in [7, 11) is 3.07. The number of nitrogens with zero attached hydrogens (tertiary/aromatic N) is 2. The second kappa shape index (κ2) is 14.4. The van der Waals surface area contributed by atoms with E-state index in [1.165, 1.54) is 30.1 Å². The summed E-state index contributed by atoms with van der Waals surface area (Å²) < 4.78 is 27.0. The number of carbonyl (C=O) groups is 1. The van der Waals surface area contributed by atoms with E-state index in [2.05, 4.69) is 54.5 Å². The zero-order chi connectivity index (χ0) is 32.4. The Morgan fingerprint density at radius 3 is 2.53 bits per heavy atom. The molecule has 234 valence electrons. The smallest absolute Gasteiger partial charge is 0.338 e. The van der Waals surface area contributed by atoms with Crippen molar-refractivity contribution < 1.29 is 23.7 Å². The molecule has 0 radical (unpaired) electrons. The largest absolute Gasteiger partial charge is 0.493 e. The highest BCUT2D eigenvalue weighted by molar-refractivity contribution is 14.1. The molecule has 1 aromatic heterocycles. The monoisotopic (exact) mass is 886 g/mol. The number of hydrogen-bond acceptors (Lipinski definition) is 8. The summed E-state index contributed by atoms with van der Waals surface area (Å²) in [4.78, 5) is 32.8. The van der Waals surface area contributed by atoms with Crippen LogP contribution in [0.25, 0.3) is 6.08 Å². The van der Waals surface area contributed by atoms with Crippen LogP contribution in [-0.4, -0.2) is 31.4 Å². The van der Waals surface area contributed by atoms with Gasteiger partial charge in [0.1, 0.15) is 12.4 Å². The Morgan fingerprint density at radius 2 is 1.84 bits per heavy atom. The van der Waals surface area contributed by atoms with Gasteiger partial charge in [0.25, 0.3) is 5.56 Å². The zero-order valence-corrected chi connectivity index (χ0v) is 31.4. The van der Waals surface area contributed by atoms with Crippen LogP contribution in [0.3, 0.4) is 0 Å². The topological polar surface area (TPSA) is 88.4 Å². The van der Waals surface area contributed by atoms with Crippen molar-refractivity contribution in [3.8, 4) is 17.2 Å². The number of benzene rings is 3. The number of ether oxygens (including phenoxy) is 4. The Labute approximate surface area is 298 Å². The minimum absolute atomic E-state index is 0.165. The minimum atomic E-state index is -0.852. The van der Waals surface area contributed by atoms with Crippen LogP contribution in [-0.2, 0) is 16.1 Å². The van der Waals surface area contributed by atoms with Crippen LogP contribution >= 0.6 is 77.4 Å². The molecule has 0 aliphatic carbocycles. The standard InChI is InChI=1S/C32H26Br2ClIN2O6S/c1-5-43-31(40)27-16(2)37-32-38(28(27)20-13-24(41-3)25(42-4)14-21(20)34)30(39)26(45-32)11-18-10-19(33)12-23(36)29(18)44-15-17-8-6-7-9-22(17)35/h6-14,28H,5,15H2,1-4H3/b26-11-/t28-/m1/s1. The molecule has 8 nitrogen and oxygen atoms in total. The number of fused-ring (bicyclic) bond motifs is 1. The van der Waals surface area contributed by atoms with E-state index in [1.807, 2.05) is 36.4 Å². The van der Waals surface area contributed by atoms with E-state index in [-0.39, 0.29) is 24.3 Å². The lowest BCUT2D eigenvalue weighted by Crippen LogP contribution is -2.40. The van der Waals surface area contributed by atoms with Gasteiger partial charge in [0.05, 0.1) is 46.2 Å². The first kappa shape index (κ1) is 33.7. The van der Waals surface area contributed by atoms with Crippen LogP contribution in [0.4, 0.5) is 0 Å². The van der Waals surface area contributed by atoms with Crippen molar-refractivity contribution in [3.63, 3.8) is 0 Å². The molecular weight excluding hydrogens is 863 g/mol. The molecule has 1 atom stereocenters. The Morgan fingerprint density at radius 1 is 1.13 bits per heavy atom. The lowest BCUT2D eigenvalue weighted by molar-refractivity contribution is -0.139. The number of allylic oxidation sites excluding steroid dienone is 1. The first-order valence-corrected chi connectivity index (χ1v) is 17.4. The predicted octanol–water partition coefficient (Wildman–Crippen LogP) is 7.18. The van der Waals surface area contributed by atoms with Gasteiger partial charge in [0, 0.05) is 25.1 Å². The van der Waals surface area contributed by atoms with Crippen LogP contribution in [0.2, 0.25) is 5.02 Å². The van der Waals surface area contributed by atoms with Crippen molar-refractivity contribution in [2.24, 2.45) is 4.99 Å². The summed E-state index contributed by atoms with van der Waals surface area (Å²) in [5.41, 5.74) is 2.52. The maximum absolute atomic E-state index is 14.3. The number of thiazole rings is 1. The van der Waals surface area contributed by atoms with Crippen LogP contribution in [0.15, 0.2) is 78.5 Å². The lowest BCUT2D eigenvalue weighted by atomic mass is 9.95. The van der Waals surface area contributed by atoms with E-state index in [0.29, 0.717) is 52.9 Å². The van der Waals surface area contributed by atoms with Gasteiger partial charge in [-0.1, -0.05) is 73.0 Å². The van der Waals surface area contributed by atoms with Gasteiger partial charge in [-0.05, 0) is 78.4 Å². The summed E-state index contributed by atoms with van der Waals surface area (Å²) in [6, 6.07) is 14.0. The number of esters is 1. The van der Waals surface area contributed by atoms with Gasteiger partial charge < -0.3 is 18.9 Å². The number of rotatable bonds is 9. The van der Waals surface area contributed by atoms with E-state index >= 15 is 0 Å². The van der Waals surface area contributed by atoms with Crippen molar-refractivity contribution in [1.29, 1.82) is 0 Å². The van der Waals surface area contributed by atoms with Gasteiger partial charge in [-0.15, -0.1) is 0 Å². The third-order valence-electron chi connectivity index (χ3n) is 6.97. The average molecular weight is 889 g/mol. The summed E-state index contributed by atoms with van der Waals surface area (Å²) >= 11 is 17.0. The Kier molecular flexibility index (Phi) is 10.8. The second-order valence-electron chi connectivity index (χ2n) is 9.72. The molecule has 5 rings (SSSR count). The maximum atomic E-state index is 14.3. The summed E-state index contributed by atoms with van der Waals surface area (Å²) in [6.07, 6.45) is 1.78. The predicted molar refractivity (Wildman–Crippen MR) is 190 cm³/mol. The summed E-state index contributed by atoms with van der Waals surface area (Å²) in [6.45, 7) is 3.88. The van der Waals surface area contributed by atoms with Crippen molar-refractivity contribution >= 4 is 89.4 Å². The van der Waals surface area contributed by atoms with Gasteiger partial charge in [0.15, 0.2) is 16.3 Å². The van der Waals surface area contributed by atoms with Crippen LogP contribution < -0.4 is 29.1 Å². The fourth-order valence-corrected chi connectivity index (χ4v) is 8.38. The number of carbonyl (C=O) groups excluding carboxylic acids is 1. The average Bonchev–Trinajstić information content (AvgIpc) is 3.30. The van der Waals surface area contributed by atoms with Crippen LogP contribution in [0, 0.1) is 3.57 Å². The SMILES string of the molecule is CCOC(=O)C1=C(C)N=c2s/c(=C\c3cc(Br)cc(I)c3OCc3ccccc3Cl)c(=O)n2[C@@H]1c1cc(OC)c(OC)cc1Br. The van der Waals surface area contributed by atoms with Crippen LogP contribution in [0.5, 0.6) is 17.2 Å². The van der Waals surface area contributed by atoms with Crippen molar-refractivity contribution in [1.82, 2.24) is 4.57 Å². The van der Waals surface area contributed by atoms with E-state index in [1.54, 1.807) is 32.1 Å². The molecule has 0 spiro atoms. The number of halogens is 4. The van der Waals surface area contributed by atoms with Crippen molar-refractivity contribution in [2.45, 2.75) is 26.5 Å². The van der Waals surface area contributed by atoms with Gasteiger partial charge in [-0.3, -0.25) is 9.36 Å². The zero-order valence-electron chi connectivity index (χ0n) is 24.5. The maximum Gasteiger partial charge on any atom is 0.338 e. The minimum Gasteiger partial charge on any atom is -0.493 e. The number of hydrogen-bond donors (Lipinski definition) is 0. The van der Waals surface area contributed by atoms with Crippen molar-refractivity contribution in [2.75, 3.05) is 20.8 Å². The molecule has 1 aliphatic heterocycles. The molecular formula is C32H26Br2ClIN2O6S. The van der Waals surface area contributed by atoms with E-state index in [4.69, 9.17) is 35.5 Å². The molecule has 3 aromatic carbocycles. The van der Waals surface area contributed by atoms with Crippen LogP contribution in [0.1, 0.15) is 36.6 Å². The number of methoxy groups -OCH3 is 2. The molecule has 0 N–H and O–H groups in total. The fraction of sp³-hybridized carbons (Fsp3) is 0.219. The highest BCUT2D eigenvalue weighted by Gasteiger charge is 2.35. The second-order valence-corrected chi connectivity index (χ2v) is 14.1. The molecule has 0 fully saturated rings. The van der Waals surface area contributed by atoms with Gasteiger partial charge in [-0.2, -0.15) is 0 Å². The highest BCUT2D eigenvalue weighted by Crippen LogP contribution is 2.41. The van der Waals surface area contributed by atoms with Gasteiger partial charge >= 0.3 is 5.97 Å². The van der Waals surface area contributed by atoms with Gasteiger partial charge in [-0.25, -0.2) is 9.79 Å². The van der Waals surface area contributed by atoms with E-state index in [0.717, 1.165) is 13.6 Å². The molecule has 0 saturated carbocycles. The Hall–Kier alpha value is -2.65. The molecule has 0 saturated heterocycles. The summed E-state index contributed by atoms with van der Waals surface area (Å²) in [5.74, 6) is 0.982. The normalized spacial score (nSPS) is 14.6. The summed E-state index contributed by atoms with van der Waals surface area (Å²) in [5, 5.41) is 0.605. The number of aromatic nitrogens is 1. The highest BCUT2D eigenvalue weighted by atomic mass is 127. The Bertz CT molecular complexity index is 2030. The molecule has 4 aromatic rings. The molecule has 13 heteroatoms. The molecule has 0 amide bonds. The van der Waals surface area contributed by atoms with E-state index in [9.17, 15) is 9.59 Å². The molecule has 2 heterocycles. The molecule has 45 heavy (non-hydrogen) atoms. The fourth-order valence-electron chi connectivity index (χ4n) is 4.91. The Balaban J connectivity index is 1.70. The quantitative estimate of drug-likeness (QED) is 0.131. The lowest BCUT2D eigenvalue weighted by Gasteiger charge is -2.26. The van der Waals surface area contributed by atoms with Crippen molar-refractivity contribution in [3.05, 3.63) is 114 Å². The molecule has 1 aliphatic rings.